The van der Waals surface area contributed by atoms with E-state index in [9.17, 15) is 9.90 Å². The minimum Gasteiger partial charge on any atom is -0.508 e. The van der Waals surface area contributed by atoms with E-state index in [-0.39, 0.29) is 17.6 Å². The van der Waals surface area contributed by atoms with Crippen molar-refractivity contribution in [1.29, 1.82) is 0 Å². The minimum atomic E-state index is 0.0249. The maximum atomic E-state index is 12.0. The number of nitrogens with one attached hydrogen (secondary N) is 3. The van der Waals surface area contributed by atoms with Gasteiger partial charge in [-0.15, -0.1) is 0 Å². The number of fused-ring (bicyclic) bond motifs is 1. The lowest BCUT2D eigenvalue weighted by Crippen LogP contribution is -2.38. The average molecular weight is 396 g/mol. The van der Waals surface area contributed by atoms with E-state index in [4.69, 9.17) is 4.74 Å². The summed E-state index contributed by atoms with van der Waals surface area (Å²) in [6, 6.07) is 13.2. The van der Waals surface area contributed by atoms with Gasteiger partial charge in [0.25, 0.3) is 0 Å². The number of methoxy groups -OCH3 is 1. The Bertz CT molecular complexity index is 882. The molecule has 0 saturated carbocycles. The molecule has 0 fully saturated rings. The number of hydrogen-bond acceptors (Lipinski definition) is 4. The van der Waals surface area contributed by atoms with Crippen LogP contribution in [0.15, 0.2) is 47.5 Å². The molecular weight excluding hydrogens is 368 g/mol. The lowest BCUT2D eigenvalue weighted by molar-refractivity contribution is -0.116. The van der Waals surface area contributed by atoms with Gasteiger partial charge in [0.05, 0.1) is 13.7 Å². The molecule has 4 N–H and O–H groups in total. The molecule has 0 aliphatic carbocycles. The summed E-state index contributed by atoms with van der Waals surface area (Å²) >= 11 is 0. The molecule has 154 valence electrons. The van der Waals surface area contributed by atoms with Crippen LogP contribution in [0.1, 0.15) is 30.4 Å². The lowest BCUT2D eigenvalue weighted by atomic mass is 9.91. The number of carbonyl (C=O) groups is 1. The summed E-state index contributed by atoms with van der Waals surface area (Å²) in [6.07, 6.45) is 1.08. The summed E-state index contributed by atoms with van der Waals surface area (Å²) < 4.78 is 5.11. The van der Waals surface area contributed by atoms with Gasteiger partial charge in [0.15, 0.2) is 5.96 Å². The zero-order valence-electron chi connectivity index (χ0n) is 16.9. The number of phenols is 1. The first kappa shape index (κ1) is 20.5. The SMILES string of the molecule is CCNC(=NCC1CC(=O)Nc2ccccc21)NCCc1ccc(OC)cc1O. The monoisotopic (exact) mass is 396 g/mol. The smallest absolute Gasteiger partial charge is 0.225 e. The highest BCUT2D eigenvalue weighted by molar-refractivity contribution is 5.94. The van der Waals surface area contributed by atoms with E-state index in [1.54, 1.807) is 13.2 Å². The van der Waals surface area contributed by atoms with Crippen LogP contribution in [-0.2, 0) is 11.2 Å². The van der Waals surface area contributed by atoms with Gasteiger partial charge >= 0.3 is 0 Å². The van der Waals surface area contributed by atoms with Gasteiger partial charge in [-0.2, -0.15) is 0 Å². The number of guanidine groups is 1. The fourth-order valence-corrected chi connectivity index (χ4v) is 3.41. The molecule has 0 radical (unpaired) electrons. The maximum absolute atomic E-state index is 12.0. The number of phenolic OH excluding ortho intramolecular Hbond substituents is 1. The fraction of sp³-hybridized carbons (Fsp3) is 0.364. The van der Waals surface area contributed by atoms with Crippen molar-refractivity contribution in [2.45, 2.75) is 25.7 Å². The van der Waals surface area contributed by atoms with Crippen molar-refractivity contribution in [3.05, 3.63) is 53.6 Å². The molecule has 29 heavy (non-hydrogen) atoms. The van der Waals surface area contributed by atoms with Gasteiger partial charge in [-0.05, 0) is 36.6 Å². The normalized spacial score (nSPS) is 16.0. The van der Waals surface area contributed by atoms with Crippen LogP contribution in [0.4, 0.5) is 5.69 Å². The second-order valence-corrected chi connectivity index (χ2v) is 6.93. The average Bonchev–Trinajstić information content (AvgIpc) is 2.72. The predicted molar refractivity (Wildman–Crippen MR) is 115 cm³/mol. The molecule has 1 aliphatic rings. The second-order valence-electron chi connectivity index (χ2n) is 6.93. The minimum absolute atomic E-state index is 0.0249. The van der Waals surface area contributed by atoms with Crippen molar-refractivity contribution < 1.29 is 14.6 Å². The fourth-order valence-electron chi connectivity index (χ4n) is 3.41. The zero-order valence-corrected chi connectivity index (χ0v) is 16.9. The highest BCUT2D eigenvalue weighted by atomic mass is 16.5. The van der Waals surface area contributed by atoms with Crippen LogP contribution in [0.25, 0.3) is 0 Å². The first-order chi connectivity index (χ1) is 14.1. The number of nitrogens with zero attached hydrogens (tertiary/aromatic N) is 1. The van der Waals surface area contributed by atoms with Gasteiger partial charge in [-0.1, -0.05) is 24.3 Å². The molecule has 7 heteroatoms. The van der Waals surface area contributed by atoms with Crippen LogP contribution in [0.2, 0.25) is 0 Å². The number of aromatic hydroxyl groups is 1. The topological polar surface area (TPSA) is 95.0 Å². The van der Waals surface area contributed by atoms with Crippen molar-refractivity contribution in [1.82, 2.24) is 10.6 Å². The van der Waals surface area contributed by atoms with E-state index in [0.717, 1.165) is 23.4 Å². The van der Waals surface area contributed by atoms with E-state index >= 15 is 0 Å². The van der Waals surface area contributed by atoms with E-state index in [1.807, 2.05) is 43.3 Å². The molecule has 0 saturated heterocycles. The van der Waals surface area contributed by atoms with Crippen LogP contribution < -0.4 is 20.7 Å². The summed E-state index contributed by atoms with van der Waals surface area (Å²) in [6.45, 7) is 3.89. The third-order valence-corrected chi connectivity index (χ3v) is 4.90. The van der Waals surface area contributed by atoms with E-state index in [2.05, 4.69) is 20.9 Å². The summed E-state index contributed by atoms with van der Waals surface area (Å²) in [7, 11) is 1.57. The van der Waals surface area contributed by atoms with Crippen molar-refractivity contribution in [3.63, 3.8) is 0 Å². The van der Waals surface area contributed by atoms with E-state index in [0.29, 0.717) is 37.6 Å². The van der Waals surface area contributed by atoms with Crippen LogP contribution in [0.3, 0.4) is 0 Å². The second kappa shape index (κ2) is 9.82. The Kier molecular flexibility index (Phi) is 6.94. The van der Waals surface area contributed by atoms with Gasteiger partial charge < -0.3 is 25.8 Å². The Hall–Kier alpha value is -3.22. The molecular formula is C22H28N4O3. The number of para-hydroxylation sites is 1. The Morgan fingerprint density at radius 3 is 2.86 bits per heavy atom. The quantitative estimate of drug-likeness (QED) is 0.426. The summed E-state index contributed by atoms with van der Waals surface area (Å²) in [4.78, 5) is 16.7. The van der Waals surface area contributed by atoms with Gasteiger partial charge in [0, 0.05) is 37.2 Å². The van der Waals surface area contributed by atoms with Crippen LogP contribution in [0, 0.1) is 0 Å². The highest BCUT2D eigenvalue weighted by Gasteiger charge is 2.24. The summed E-state index contributed by atoms with van der Waals surface area (Å²) in [5.41, 5.74) is 2.83. The number of anilines is 1. The maximum Gasteiger partial charge on any atom is 0.225 e. The first-order valence-electron chi connectivity index (χ1n) is 9.87. The first-order valence-corrected chi connectivity index (χ1v) is 9.87. The number of benzene rings is 2. The number of aliphatic imine (C=N–C) groups is 1. The molecule has 1 heterocycles. The molecule has 0 bridgehead atoms. The lowest BCUT2D eigenvalue weighted by Gasteiger charge is -2.24. The molecule has 1 atom stereocenters. The standard InChI is InChI=1S/C22H28N4O3/c1-3-23-22(24-11-10-15-8-9-17(29-2)13-20(15)27)25-14-16-12-21(28)26-19-7-5-4-6-18(16)19/h4-9,13,16,27H,3,10-12,14H2,1-2H3,(H,26,28)(H2,23,24,25). The number of rotatable bonds is 7. The Morgan fingerprint density at radius 2 is 2.10 bits per heavy atom. The summed E-state index contributed by atoms with van der Waals surface area (Å²) in [5.74, 6) is 1.63. The van der Waals surface area contributed by atoms with Crippen molar-refractivity contribution in [2.75, 3.05) is 32.1 Å². The van der Waals surface area contributed by atoms with Gasteiger partial charge in [0.2, 0.25) is 5.91 Å². The van der Waals surface area contributed by atoms with E-state index < -0.39 is 0 Å². The number of hydrogen-bond donors (Lipinski definition) is 4. The van der Waals surface area contributed by atoms with Crippen molar-refractivity contribution >= 4 is 17.6 Å². The molecule has 1 aliphatic heterocycles. The number of carbonyl (C=O) groups excluding carboxylic acids is 1. The molecule has 2 aromatic rings. The molecule has 7 nitrogen and oxygen atoms in total. The zero-order chi connectivity index (χ0) is 20.6. The third-order valence-electron chi connectivity index (χ3n) is 4.90. The molecule has 2 aromatic carbocycles. The van der Waals surface area contributed by atoms with Crippen LogP contribution in [0.5, 0.6) is 11.5 Å². The summed E-state index contributed by atoms with van der Waals surface area (Å²) in [5, 5.41) is 19.5. The molecule has 1 amide bonds. The van der Waals surface area contributed by atoms with Gasteiger partial charge in [-0.25, -0.2) is 0 Å². The van der Waals surface area contributed by atoms with E-state index in [1.165, 1.54) is 0 Å². The molecule has 3 rings (SSSR count). The Balaban J connectivity index is 1.61. The van der Waals surface area contributed by atoms with Crippen molar-refractivity contribution in [3.8, 4) is 11.5 Å². The highest BCUT2D eigenvalue weighted by Crippen LogP contribution is 2.32. The third kappa shape index (κ3) is 5.40. The number of amides is 1. The predicted octanol–water partition coefficient (Wildman–Crippen LogP) is 2.62. The molecule has 0 aromatic heterocycles. The number of ether oxygens (including phenoxy) is 1. The Morgan fingerprint density at radius 1 is 1.28 bits per heavy atom. The van der Waals surface area contributed by atoms with Gasteiger partial charge in [-0.3, -0.25) is 9.79 Å². The largest absolute Gasteiger partial charge is 0.508 e. The molecule has 0 spiro atoms. The van der Waals surface area contributed by atoms with Gasteiger partial charge in [0.1, 0.15) is 11.5 Å². The van der Waals surface area contributed by atoms with Crippen LogP contribution in [-0.4, -0.2) is 43.7 Å². The Labute approximate surface area is 171 Å². The van der Waals surface area contributed by atoms with Crippen molar-refractivity contribution in [2.24, 2.45) is 4.99 Å². The molecule has 1 unspecified atom stereocenters. The van der Waals surface area contributed by atoms with Crippen LogP contribution >= 0.6 is 0 Å².